The first-order chi connectivity index (χ1) is 16.4. The maximum absolute atomic E-state index is 13.0. The van der Waals surface area contributed by atoms with Gasteiger partial charge in [-0.25, -0.2) is 4.79 Å². The number of amides is 1. The van der Waals surface area contributed by atoms with Crippen LogP contribution < -0.4 is 4.90 Å². The highest BCUT2D eigenvalue weighted by atomic mass is 19.4. The van der Waals surface area contributed by atoms with E-state index in [1.54, 1.807) is 11.9 Å². The quantitative estimate of drug-likeness (QED) is 0.444. The van der Waals surface area contributed by atoms with E-state index in [2.05, 4.69) is 15.1 Å². The molecule has 1 fully saturated rings. The average Bonchev–Trinajstić information content (AvgIpc) is 2.81. The number of nitrogens with zero attached hydrogens (tertiary/aromatic N) is 4. The van der Waals surface area contributed by atoms with Crippen LogP contribution in [0.25, 0.3) is 22.0 Å². The molecular formula is C26H29F3N4O2. The van der Waals surface area contributed by atoms with Gasteiger partial charge in [-0.05, 0) is 45.7 Å². The van der Waals surface area contributed by atoms with E-state index in [4.69, 9.17) is 4.74 Å². The molecule has 1 amide bonds. The van der Waals surface area contributed by atoms with Crippen LogP contribution in [-0.4, -0.2) is 53.0 Å². The van der Waals surface area contributed by atoms with Gasteiger partial charge in [0.15, 0.2) is 5.82 Å². The number of fused-ring (bicyclic) bond motifs is 1. The summed E-state index contributed by atoms with van der Waals surface area (Å²) in [5, 5.41) is 10.6. The number of hydrogen-bond donors (Lipinski definition) is 0. The molecule has 9 heteroatoms. The zero-order valence-electron chi connectivity index (χ0n) is 20.3. The molecule has 0 radical (unpaired) electrons. The van der Waals surface area contributed by atoms with E-state index in [1.807, 2.05) is 45.0 Å². The van der Waals surface area contributed by atoms with Gasteiger partial charge in [-0.15, -0.1) is 10.2 Å². The third-order valence-corrected chi connectivity index (χ3v) is 6.15. The van der Waals surface area contributed by atoms with E-state index in [0.29, 0.717) is 24.3 Å². The topological polar surface area (TPSA) is 58.6 Å². The third kappa shape index (κ3) is 5.49. The van der Waals surface area contributed by atoms with Crippen molar-refractivity contribution in [3.8, 4) is 11.3 Å². The smallest absolute Gasteiger partial charge is 0.416 e. The first kappa shape index (κ1) is 24.8. The van der Waals surface area contributed by atoms with Crippen molar-refractivity contribution < 1.29 is 22.7 Å². The molecule has 0 spiro atoms. The van der Waals surface area contributed by atoms with Crippen LogP contribution in [0.3, 0.4) is 0 Å². The fourth-order valence-corrected chi connectivity index (χ4v) is 4.30. The van der Waals surface area contributed by atoms with Gasteiger partial charge in [0.2, 0.25) is 0 Å². The number of carbonyl (C=O) groups excluding carboxylic acids is 1. The number of hydrogen-bond acceptors (Lipinski definition) is 5. The summed E-state index contributed by atoms with van der Waals surface area (Å²) in [6.07, 6.45) is -3.21. The second-order valence-corrected chi connectivity index (χ2v) is 9.80. The highest BCUT2D eigenvalue weighted by Crippen LogP contribution is 2.35. The van der Waals surface area contributed by atoms with Gasteiger partial charge in [0.1, 0.15) is 11.3 Å². The first-order valence-corrected chi connectivity index (χ1v) is 11.6. The number of piperidine rings is 1. The van der Waals surface area contributed by atoms with Gasteiger partial charge in [0.25, 0.3) is 0 Å². The van der Waals surface area contributed by atoms with Gasteiger partial charge < -0.3 is 14.5 Å². The molecule has 0 unspecified atom stereocenters. The fraction of sp³-hybridized carbons (Fsp3) is 0.423. The van der Waals surface area contributed by atoms with Crippen molar-refractivity contribution >= 4 is 22.7 Å². The molecule has 1 aliphatic rings. The second kappa shape index (κ2) is 9.36. The summed E-state index contributed by atoms with van der Waals surface area (Å²) in [6, 6.07) is 12.7. The molecule has 2 heterocycles. The van der Waals surface area contributed by atoms with Crippen LogP contribution in [0.5, 0.6) is 0 Å². The number of ether oxygens (including phenoxy) is 1. The van der Waals surface area contributed by atoms with Crippen molar-refractivity contribution in [1.82, 2.24) is 15.1 Å². The average molecular weight is 487 g/mol. The minimum absolute atomic E-state index is 0.0618. The number of rotatable bonds is 3. The molecule has 1 aromatic heterocycles. The zero-order valence-corrected chi connectivity index (χ0v) is 20.3. The van der Waals surface area contributed by atoms with Crippen molar-refractivity contribution in [2.24, 2.45) is 0 Å². The number of benzene rings is 2. The monoisotopic (exact) mass is 486 g/mol. The zero-order chi connectivity index (χ0) is 25.4. The predicted octanol–water partition coefficient (Wildman–Crippen LogP) is 6.15. The molecule has 0 aliphatic carbocycles. The van der Waals surface area contributed by atoms with Crippen LogP contribution in [0.2, 0.25) is 0 Å². The third-order valence-electron chi connectivity index (χ3n) is 6.15. The minimum Gasteiger partial charge on any atom is -0.444 e. The van der Waals surface area contributed by atoms with Crippen LogP contribution in [0.15, 0.2) is 48.5 Å². The lowest BCUT2D eigenvalue weighted by molar-refractivity contribution is -0.137. The van der Waals surface area contributed by atoms with Crippen molar-refractivity contribution in [1.29, 1.82) is 0 Å². The molecule has 0 bridgehead atoms. The first-order valence-electron chi connectivity index (χ1n) is 11.6. The Hall–Kier alpha value is -3.36. The van der Waals surface area contributed by atoms with Gasteiger partial charge in [0.05, 0.1) is 5.56 Å². The molecule has 0 saturated carbocycles. The van der Waals surface area contributed by atoms with Gasteiger partial charge in [-0.3, -0.25) is 0 Å². The van der Waals surface area contributed by atoms with E-state index < -0.39 is 17.3 Å². The van der Waals surface area contributed by atoms with E-state index in [0.717, 1.165) is 41.6 Å². The molecular weight excluding hydrogens is 457 g/mol. The Labute approximate surface area is 202 Å². The summed E-state index contributed by atoms with van der Waals surface area (Å²) >= 11 is 0. The van der Waals surface area contributed by atoms with Crippen LogP contribution in [-0.2, 0) is 10.9 Å². The summed E-state index contributed by atoms with van der Waals surface area (Å²) in [7, 11) is 1.77. The summed E-state index contributed by atoms with van der Waals surface area (Å²) < 4.78 is 44.4. The Morgan fingerprint density at radius 3 is 2.14 bits per heavy atom. The van der Waals surface area contributed by atoms with Crippen molar-refractivity contribution in [2.75, 3.05) is 25.0 Å². The number of aromatic nitrogens is 2. The normalized spacial score (nSPS) is 15.3. The van der Waals surface area contributed by atoms with Gasteiger partial charge in [0, 0.05) is 42.5 Å². The Bertz CT molecular complexity index is 1200. The van der Waals surface area contributed by atoms with E-state index >= 15 is 0 Å². The molecule has 1 saturated heterocycles. The summed E-state index contributed by atoms with van der Waals surface area (Å²) in [4.78, 5) is 16.2. The molecule has 4 rings (SSSR count). The number of carbonyl (C=O) groups is 1. The standard InChI is InChI=1S/C26H29F3N4O2/c1-25(2,3)35-24(34)32(4)19-13-15-33(16-14-19)23-21-8-6-5-7-20(21)22(30-31-23)17-9-11-18(12-10-17)26(27,28)29/h5-12,19H,13-16H2,1-4H3. The van der Waals surface area contributed by atoms with Crippen LogP contribution >= 0.6 is 0 Å². The predicted molar refractivity (Wildman–Crippen MR) is 129 cm³/mol. The van der Waals surface area contributed by atoms with Crippen LogP contribution in [0.1, 0.15) is 39.2 Å². The van der Waals surface area contributed by atoms with Crippen molar-refractivity contribution in [3.63, 3.8) is 0 Å². The molecule has 1 aliphatic heterocycles. The molecule has 0 atom stereocenters. The Kier molecular flexibility index (Phi) is 6.62. The van der Waals surface area contributed by atoms with Crippen molar-refractivity contribution in [2.45, 2.75) is 51.4 Å². The van der Waals surface area contributed by atoms with E-state index in [1.165, 1.54) is 12.1 Å². The van der Waals surface area contributed by atoms with Gasteiger partial charge >= 0.3 is 12.3 Å². The Balaban J connectivity index is 1.55. The lowest BCUT2D eigenvalue weighted by atomic mass is 10.0. The Morgan fingerprint density at radius 1 is 0.971 bits per heavy atom. The summed E-state index contributed by atoms with van der Waals surface area (Å²) in [6.45, 7) is 6.92. The number of halogens is 3. The summed E-state index contributed by atoms with van der Waals surface area (Å²) in [5.74, 6) is 0.731. The largest absolute Gasteiger partial charge is 0.444 e. The molecule has 186 valence electrons. The highest BCUT2D eigenvalue weighted by molar-refractivity contribution is 6.00. The minimum atomic E-state index is -4.39. The highest BCUT2D eigenvalue weighted by Gasteiger charge is 2.31. The second-order valence-electron chi connectivity index (χ2n) is 9.80. The van der Waals surface area contributed by atoms with Gasteiger partial charge in [-0.1, -0.05) is 36.4 Å². The maximum Gasteiger partial charge on any atom is 0.416 e. The number of alkyl halides is 3. The van der Waals surface area contributed by atoms with Crippen molar-refractivity contribution in [3.05, 3.63) is 54.1 Å². The SMILES string of the molecule is CN(C(=O)OC(C)(C)C)C1CCN(c2nnc(-c3ccc(C(F)(F)F)cc3)c3ccccc23)CC1. The van der Waals surface area contributed by atoms with E-state index in [9.17, 15) is 18.0 Å². The molecule has 35 heavy (non-hydrogen) atoms. The van der Waals surface area contributed by atoms with Crippen LogP contribution in [0.4, 0.5) is 23.8 Å². The van der Waals surface area contributed by atoms with Crippen LogP contribution in [0, 0.1) is 0 Å². The lowest BCUT2D eigenvalue weighted by Crippen LogP contribution is -2.47. The Morgan fingerprint density at radius 2 is 1.57 bits per heavy atom. The molecule has 2 aromatic carbocycles. The fourth-order valence-electron chi connectivity index (χ4n) is 4.30. The maximum atomic E-state index is 13.0. The summed E-state index contributed by atoms with van der Waals surface area (Å²) in [5.41, 5.74) is -0.132. The van der Waals surface area contributed by atoms with E-state index in [-0.39, 0.29) is 12.1 Å². The molecule has 6 nitrogen and oxygen atoms in total. The number of anilines is 1. The molecule has 3 aromatic rings. The molecule has 0 N–H and O–H groups in total. The van der Waals surface area contributed by atoms with Gasteiger partial charge in [-0.2, -0.15) is 13.2 Å². The lowest BCUT2D eigenvalue weighted by Gasteiger charge is -2.37.